The first-order valence-corrected chi connectivity index (χ1v) is 6.68. The molecule has 18 heavy (non-hydrogen) atoms. The molecule has 0 aliphatic carbocycles. The van der Waals surface area contributed by atoms with Crippen molar-refractivity contribution in [3.05, 3.63) is 0 Å². The van der Waals surface area contributed by atoms with Crippen LogP contribution in [0.5, 0.6) is 0 Å². The molecule has 2 unspecified atom stereocenters. The molecule has 0 amide bonds. The van der Waals surface area contributed by atoms with Gasteiger partial charge in [0.05, 0.1) is 13.7 Å². The predicted octanol–water partition coefficient (Wildman–Crippen LogP) is 3.07. The van der Waals surface area contributed by atoms with Crippen LogP contribution in [0, 0.1) is 0 Å². The zero-order valence-corrected chi connectivity index (χ0v) is 13.3. The molecule has 0 aliphatic heterocycles. The number of hydrogen-bond donors (Lipinski definition) is 0. The van der Waals surface area contributed by atoms with E-state index in [0.717, 1.165) is 7.11 Å². The van der Waals surface area contributed by atoms with Crippen LogP contribution in [0.25, 0.3) is 0 Å². The third-order valence-electron chi connectivity index (χ3n) is 1.88. The summed E-state index contributed by atoms with van der Waals surface area (Å²) in [6.45, 7) is 1.65. The lowest BCUT2D eigenvalue weighted by Gasteiger charge is -2.30. The van der Waals surface area contributed by atoms with Crippen molar-refractivity contribution in [2.75, 3.05) is 13.7 Å². The molecule has 0 aromatic rings. The summed E-state index contributed by atoms with van der Waals surface area (Å²) in [7, 11) is 1.08. The molecular weight excluding hydrogens is 349 g/mol. The molecule has 0 aliphatic rings. The van der Waals surface area contributed by atoms with Crippen molar-refractivity contribution >= 4 is 69.9 Å². The fourth-order valence-corrected chi connectivity index (χ4v) is 2.56. The third-order valence-corrected chi connectivity index (χ3v) is 3.45. The van der Waals surface area contributed by atoms with E-state index in [-0.39, 0.29) is 6.61 Å². The summed E-state index contributed by atoms with van der Waals surface area (Å²) in [5, 5.41) is -1.54. The van der Waals surface area contributed by atoms with Crippen LogP contribution in [0.15, 0.2) is 0 Å². The number of rotatable bonds is 5. The van der Waals surface area contributed by atoms with Gasteiger partial charge in [-0.2, -0.15) is 0 Å². The van der Waals surface area contributed by atoms with Crippen molar-refractivity contribution in [3.8, 4) is 0 Å². The van der Waals surface area contributed by atoms with Crippen LogP contribution in [-0.4, -0.2) is 39.7 Å². The van der Waals surface area contributed by atoms with Crippen LogP contribution in [0.2, 0.25) is 0 Å². The largest absolute Gasteiger partial charge is 0.468 e. The van der Waals surface area contributed by atoms with Crippen LogP contribution in [0.3, 0.4) is 0 Å². The van der Waals surface area contributed by atoms with Crippen LogP contribution < -0.4 is 0 Å². The molecule has 0 bridgehead atoms. The number of carbonyl (C=O) groups is 2. The van der Waals surface area contributed by atoms with Crippen LogP contribution in [0.1, 0.15) is 13.3 Å². The maximum absolute atomic E-state index is 11.6. The fraction of sp³-hybridized carbons (Fsp3) is 0.778. The van der Waals surface area contributed by atoms with E-state index >= 15 is 0 Å². The van der Waals surface area contributed by atoms with Gasteiger partial charge in [-0.15, -0.1) is 23.2 Å². The molecule has 106 valence electrons. The Morgan fingerprint density at radius 3 is 2.06 bits per heavy atom. The van der Waals surface area contributed by atoms with Crippen LogP contribution in [0.4, 0.5) is 0 Å². The summed E-state index contributed by atoms with van der Waals surface area (Å²) < 4.78 is 7.26. The smallest absolute Gasteiger partial charge is 0.329 e. The maximum atomic E-state index is 11.6. The second-order valence-corrected chi connectivity index (χ2v) is 6.89. The van der Waals surface area contributed by atoms with Gasteiger partial charge in [-0.05, 0) is 6.92 Å². The van der Waals surface area contributed by atoms with Crippen molar-refractivity contribution in [2.24, 2.45) is 0 Å². The number of hydrogen-bond acceptors (Lipinski definition) is 4. The summed E-state index contributed by atoms with van der Waals surface area (Å²) in [5.41, 5.74) is 0. The highest BCUT2D eigenvalue weighted by atomic mass is 35.6. The highest BCUT2D eigenvalue weighted by Gasteiger charge is 2.53. The molecule has 0 N–H and O–H groups in total. The molecule has 0 saturated heterocycles. The topological polar surface area (TPSA) is 52.6 Å². The van der Waals surface area contributed by atoms with Gasteiger partial charge < -0.3 is 9.47 Å². The van der Waals surface area contributed by atoms with Gasteiger partial charge in [0.25, 0.3) is 0 Å². The number of ether oxygens (including phenoxy) is 2. The van der Waals surface area contributed by atoms with Gasteiger partial charge in [0.2, 0.25) is 0 Å². The predicted molar refractivity (Wildman–Crippen MR) is 71.8 cm³/mol. The molecular formula is C9H11Cl5O4. The molecule has 0 rings (SSSR count). The first kappa shape index (κ1) is 18.4. The van der Waals surface area contributed by atoms with E-state index in [2.05, 4.69) is 9.47 Å². The van der Waals surface area contributed by atoms with E-state index in [1.54, 1.807) is 6.92 Å². The summed E-state index contributed by atoms with van der Waals surface area (Å²) >= 11 is 28.5. The zero-order chi connectivity index (χ0) is 14.6. The minimum Gasteiger partial charge on any atom is -0.468 e. The Labute approximate surface area is 130 Å². The Morgan fingerprint density at radius 1 is 1.22 bits per heavy atom. The van der Waals surface area contributed by atoms with E-state index < -0.39 is 32.4 Å². The molecule has 0 aromatic heterocycles. The monoisotopic (exact) mass is 358 g/mol. The first-order valence-electron chi connectivity index (χ1n) is 4.73. The molecule has 9 heteroatoms. The van der Waals surface area contributed by atoms with Crippen LogP contribution >= 0.6 is 58.0 Å². The normalized spacial score (nSPS) is 16.6. The van der Waals surface area contributed by atoms with E-state index in [4.69, 9.17) is 58.0 Å². The van der Waals surface area contributed by atoms with Crippen molar-refractivity contribution in [1.29, 1.82) is 0 Å². The molecule has 2 atom stereocenters. The minimum atomic E-state index is -2.02. The van der Waals surface area contributed by atoms with Gasteiger partial charge in [0.15, 0.2) is 14.0 Å². The number of methoxy groups -OCH3 is 1. The fourth-order valence-electron chi connectivity index (χ4n) is 1.13. The van der Waals surface area contributed by atoms with Gasteiger partial charge in [0, 0.05) is 6.42 Å². The van der Waals surface area contributed by atoms with E-state index in [1.807, 2.05) is 0 Å². The highest BCUT2D eigenvalue weighted by molar-refractivity contribution is 6.68. The lowest BCUT2D eigenvalue weighted by molar-refractivity contribution is -0.151. The average molecular weight is 360 g/mol. The van der Waals surface area contributed by atoms with Gasteiger partial charge >= 0.3 is 11.9 Å². The Morgan fingerprint density at radius 2 is 1.72 bits per heavy atom. The van der Waals surface area contributed by atoms with E-state index in [9.17, 15) is 9.59 Å². The molecule has 4 nitrogen and oxygen atoms in total. The summed E-state index contributed by atoms with van der Waals surface area (Å²) in [4.78, 5) is 21.1. The number of halogens is 5. The zero-order valence-electron chi connectivity index (χ0n) is 9.51. The van der Waals surface area contributed by atoms with Crippen molar-refractivity contribution in [3.63, 3.8) is 0 Å². The molecule has 0 fully saturated rings. The quantitative estimate of drug-likeness (QED) is 0.558. The number of esters is 2. The summed E-state index contributed by atoms with van der Waals surface area (Å²) in [6, 6.07) is 0. The second kappa shape index (κ2) is 7.25. The van der Waals surface area contributed by atoms with Crippen molar-refractivity contribution < 1.29 is 19.1 Å². The minimum absolute atomic E-state index is 0.0734. The lowest BCUT2D eigenvalue weighted by atomic mass is 10.0. The second-order valence-electron chi connectivity index (χ2n) is 3.26. The number of carbonyl (C=O) groups excluding carboxylic acids is 2. The SMILES string of the molecule is CCOC(=O)C(Cl)C(Cl)(CC(Cl)(Cl)Cl)C(=O)OC. The Kier molecular flexibility index (Phi) is 7.40. The molecule has 0 radical (unpaired) electrons. The van der Waals surface area contributed by atoms with Gasteiger partial charge in [-0.3, -0.25) is 9.59 Å². The van der Waals surface area contributed by atoms with E-state index in [0.29, 0.717) is 0 Å². The van der Waals surface area contributed by atoms with Crippen LogP contribution in [-0.2, 0) is 19.1 Å². The van der Waals surface area contributed by atoms with Crippen molar-refractivity contribution in [2.45, 2.75) is 27.4 Å². The van der Waals surface area contributed by atoms with Gasteiger partial charge in [-0.1, -0.05) is 34.8 Å². The summed E-state index contributed by atoms with van der Waals surface area (Å²) in [5.74, 6) is -1.88. The van der Waals surface area contributed by atoms with Crippen molar-refractivity contribution in [1.82, 2.24) is 0 Å². The molecule has 0 heterocycles. The standard InChI is InChI=1S/C9H11Cl5O4/c1-3-18-6(15)5(10)8(11,7(16)17-2)4-9(12,13)14/h5H,3-4H2,1-2H3. The van der Waals surface area contributed by atoms with Gasteiger partial charge in [0.1, 0.15) is 0 Å². The lowest BCUT2D eigenvalue weighted by Crippen LogP contribution is -2.49. The third kappa shape index (κ3) is 5.17. The Hall–Kier alpha value is 0.390. The Balaban J connectivity index is 5.21. The van der Waals surface area contributed by atoms with E-state index in [1.165, 1.54) is 0 Å². The highest BCUT2D eigenvalue weighted by Crippen LogP contribution is 2.42. The molecule has 0 saturated carbocycles. The van der Waals surface area contributed by atoms with Gasteiger partial charge in [-0.25, -0.2) is 0 Å². The Bertz CT molecular complexity index is 317. The summed E-state index contributed by atoms with van der Waals surface area (Å²) in [6.07, 6.45) is -0.508. The number of alkyl halides is 5. The molecule has 0 spiro atoms. The average Bonchev–Trinajstić information content (AvgIpc) is 2.24. The molecule has 0 aromatic carbocycles. The maximum Gasteiger partial charge on any atom is 0.329 e. The first-order chi connectivity index (χ1) is 8.08.